The van der Waals surface area contributed by atoms with Crippen LogP contribution in [0.25, 0.3) is 0 Å². The summed E-state index contributed by atoms with van der Waals surface area (Å²) >= 11 is 18.0. The van der Waals surface area contributed by atoms with E-state index in [1.54, 1.807) is 30.5 Å². The fraction of sp³-hybridized carbons (Fsp3) is 0.554. The first-order valence-corrected chi connectivity index (χ1v) is 41.9. The van der Waals surface area contributed by atoms with Gasteiger partial charge in [0.15, 0.2) is 34.7 Å². The van der Waals surface area contributed by atoms with Crippen LogP contribution in [0.2, 0.25) is 15.1 Å². The number of piperazine rings is 3. The molecule has 3 saturated heterocycles. The van der Waals surface area contributed by atoms with Crippen LogP contribution in [0.1, 0.15) is 119 Å². The second-order valence-electron chi connectivity index (χ2n) is 28.1. The van der Waals surface area contributed by atoms with Crippen LogP contribution >= 0.6 is 34.8 Å². The van der Waals surface area contributed by atoms with Gasteiger partial charge in [-0.3, -0.25) is 14.7 Å². The van der Waals surface area contributed by atoms with Crippen LogP contribution in [0, 0.1) is 5.82 Å². The zero-order valence-electron chi connectivity index (χ0n) is 60.8. The second-order valence-corrected chi connectivity index (χ2v) is 34.4. The first-order chi connectivity index (χ1) is 49.8. The zero-order chi connectivity index (χ0) is 74.3. The molecule has 12 rings (SSSR count). The predicted molar refractivity (Wildman–Crippen MR) is 408 cm³/mol. The lowest BCUT2D eigenvalue weighted by atomic mass is 9.90. The van der Waals surface area contributed by atoms with E-state index < -0.39 is 40.8 Å². The quantitative estimate of drug-likeness (QED) is 0.0540. The van der Waals surface area contributed by atoms with Crippen LogP contribution in [0.5, 0.6) is 28.7 Å². The minimum Gasteiger partial charge on any atom is -0.495 e. The largest absolute Gasteiger partial charge is 0.495 e. The summed E-state index contributed by atoms with van der Waals surface area (Å²) in [7, 11) is -8.47. The Hall–Kier alpha value is -6.08. The van der Waals surface area contributed by atoms with Crippen LogP contribution in [-0.2, 0) is 30.1 Å². The number of aromatic nitrogens is 3. The molecule has 3 aliphatic heterocycles. The van der Waals surface area contributed by atoms with Gasteiger partial charge in [0.25, 0.3) is 0 Å². The van der Waals surface area contributed by atoms with Gasteiger partial charge in [0, 0.05) is 148 Å². The van der Waals surface area contributed by atoms with Gasteiger partial charge < -0.3 is 38.4 Å². The maximum Gasteiger partial charge on any atom is 0.244 e. The topological polar surface area (TPSA) is 243 Å². The van der Waals surface area contributed by atoms with Crippen molar-refractivity contribution in [3.8, 4) is 28.7 Å². The average molecular weight is 1560 g/mol. The van der Waals surface area contributed by atoms with Crippen molar-refractivity contribution in [3.63, 3.8) is 0 Å². The molecule has 0 unspecified atom stereocenters. The highest BCUT2D eigenvalue weighted by Gasteiger charge is 2.37. The van der Waals surface area contributed by atoms with Gasteiger partial charge in [0.2, 0.25) is 30.1 Å². The highest BCUT2D eigenvalue weighted by Crippen LogP contribution is 2.37. The Bertz CT molecular complexity index is 3940. The van der Waals surface area contributed by atoms with E-state index in [9.17, 15) is 29.6 Å². The molecule has 0 amide bonds. The number of anilines is 3. The van der Waals surface area contributed by atoms with Crippen molar-refractivity contribution in [1.29, 1.82) is 0 Å². The molecule has 3 saturated carbocycles. The van der Waals surface area contributed by atoms with Crippen molar-refractivity contribution in [2.75, 3.05) is 107 Å². The van der Waals surface area contributed by atoms with Crippen molar-refractivity contribution < 1.29 is 53.3 Å². The number of nitrogens with zero attached hydrogens (tertiary/aromatic N) is 9. The number of benzene rings is 3. The standard InChI is InChI=1S/2C25H35ClN4O4S.C24H32ClFN4O3S/c2*1-18(2)34-23-5-4-12-27-25(23)30-15-13-29(14-16-30)21-9-7-20(8-10-21)28-35(31,32)24-17-19(26)6-11-22(24)33-3;1-17(2)33-22-4-3-11-27-24(22)30-14-12-29(13-15-30)20-8-6-19(7-9-20)28-34(31,32)23-16-18(25)5-10-21(23)26/h2*4-6,11-12,17-18,20-21,28H,7-10,13-16H2,1-3H3;3-5,10-11,16-17,19-20,28H,6-9,12-15H2,1-2H3. The van der Waals surface area contributed by atoms with Crippen molar-refractivity contribution >= 4 is 82.3 Å². The first kappa shape index (κ1) is 80.5. The Morgan fingerprint density at radius 2 is 0.654 bits per heavy atom. The number of pyridine rings is 3. The van der Waals surface area contributed by atoms with Crippen LogP contribution in [-0.4, -0.2) is 202 Å². The summed E-state index contributed by atoms with van der Waals surface area (Å²) in [6.45, 7) is 23.1. The van der Waals surface area contributed by atoms with Gasteiger partial charge in [-0.1, -0.05) is 34.8 Å². The predicted octanol–water partition coefficient (Wildman–Crippen LogP) is 12.0. The third-order valence-electron chi connectivity index (χ3n) is 19.8. The molecule has 0 spiro atoms. The Labute approximate surface area is 629 Å². The molecule has 3 N–H and O–H groups in total. The van der Waals surface area contributed by atoms with E-state index >= 15 is 0 Å². The fourth-order valence-corrected chi connectivity index (χ4v) is 19.8. The highest BCUT2D eigenvalue weighted by molar-refractivity contribution is 7.90. The third kappa shape index (κ3) is 21.8. The van der Waals surface area contributed by atoms with Gasteiger partial charge in [-0.05, 0) is 210 Å². The normalized spacial score (nSPS) is 21.9. The maximum absolute atomic E-state index is 14.1. The van der Waals surface area contributed by atoms with Gasteiger partial charge in [-0.15, -0.1) is 0 Å². The molecular formula is C74H102Cl3FN12O11S3. The van der Waals surface area contributed by atoms with Gasteiger partial charge in [-0.25, -0.2) is 58.8 Å². The molecule has 6 fully saturated rings. The summed E-state index contributed by atoms with van der Waals surface area (Å²) in [6.07, 6.45) is 16.0. The van der Waals surface area contributed by atoms with Crippen molar-refractivity contribution in [2.24, 2.45) is 0 Å². The number of sulfonamides is 3. The number of halogens is 4. The summed E-state index contributed by atoms with van der Waals surface area (Å²) in [4.78, 5) is 27.9. The molecule has 6 aliphatic rings. The molecule has 104 heavy (non-hydrogen) atoms. The van der Waals surface area contributed by atoms with Gasteiger partial charge in [-0.2, -0.15) is 0 Å². The molecule has 0 radical (unpaired) electrons. The summed E-state index contributed by atoms with van der Waals surface area (Å²) in [5.74, 6) is 4.99. The fourth-order valence-electron chi connectivity index (χ4n) is 14.7. The number of hydrogen-bond acceptors (Lipinski definition) is 20. The van der Waals surface area contributed by atoms with E-state index in [2.05, 4.69) is 58.5 Å². The summed E-state index contributed by atoms with van der Waals surface area (Å²) in [5.41, 5.74) is 0. The first-order valence-electron chi connectivity index (χ1n) is 36.3. The molecule has 23 nitrogen and oxygen atoms in total. The number of rotatable bonds is 23. The molecule has 6 heterocycles. The zero-order valence-corrected chi connectivity index (χ0v) is 65.5. The van der Waals surface area contributed by atoms with Crippen molar-refractivity contribution in [3.05, 3.63) is 130 Å². The molecule has 3 aromatic carbocycles. The Kier molecular flexibility index (Phi) is 28.7. The lowest BCUT2D eigenvalue weighted by Gasteiger charge is -2.42. The van der Waals surface area contributed by atoms with E-state index in [1.165, 1.54) is 32.4 Å². The molecule has 0 bridgehead atoms. The molecule has 6 aromatic rings. The molecule has 570 valence electrons. The van der Waals surface area contributed by atoms with E-state index in [0.29, 0.717) is 39.7 Å². The Morgan fingerprint density at radius 3 is 0.933 bits per heavy atom. The molecule has 3 aliphatic carbocycles. The van der Waals surface area contributed by atoms with Crippen LogP contribution in [0.4, 0.5) is 21.8 Å². The summed E-state index contributed by atoms with van der Waals surface area (Å²) in [5, 5.41) is 0.920. The van der Waals surface area contributed by atoms with E-state index in [4.69, 9.17) is 58.5 Å². The van der Waals surface area contributed by atoms with Gasteiger partial charge in [0.1, 0.15) is 32.0 Å². The van der Waals surface area contributed by atoms with Crippen LogP contribution in [0.15, 0.2) is 124 Å². The molecule has 30 heteroatoms. The minimum absolute atomic E-state index is 0.0843. The SMILES string of the molecule is CC(C)Oc1cccnc1N1CCN(C2CCC(NS(=O)(=O)c3cc(Cl)ccc3F)CC2)CC1.COc1ccc(Cl)cc1S(=O)(=O)NC1CCC(N2CCN(c3ncccc3OC(C)C)CC2)CC1.COc1ccc(Cl)cc1S(=O)(=O)NC1CCC(N2CCN(c3ncccc3OC(C)C)CC2)CC1. The Balaban J connectivity index is 0.000000167. The Morgan fingerprint density at radius 1 is 0.385 bits per heavy atom. The van der Waals surface area contributed by atoms with E-state index in [0.717, 1.165) is 202 Å². The monoisotopic (exact) mass is 1550 g/mol. The lowest BCUT2D eigenvalue weighted by Crippen LogP contribution is -2.52. The lowest BCUT2D eigenvalue weighted by molar-refractivity contribution is 0.139. The molecule has 3 aromatic heterocycles. The number of ether oxygens (including phenoxy) is 5. The van der Waals surface area contributed by atoms with E-state index in [-0.39, 0.29) is 51.3 Å². The summed E-state index contributed by atoms with van der Waals surface area (Å²) in [6, 6.07) is 25.5. The minimum atomic E-state index is -3.95. The third-order valence-corrected chi connectivity index (χ3v) is 25.1. The number of nitrogens with one attached hydrogen (secondary N) is 3. The second kappa shape index (κ2) is 37.2. The van der Waals surface area contributed by atoms with Gasteiger partial charge in [0.05, 0.1) is 32.5 Å². The van der Waals surface area contributed by atoms with Crippen LogP contribution in [0.3, 0.4) is 0 Å². The molecule has 0 atom stereocenters. The van der Waals surface area contributed by atoms with Crippen LogP contribution < -0.4 is 52.6 Å². The summed E-state index contributed by atoms with van der Waals surface area (Å²) < 4.78 is 128. The number of hydrogen-bond donors (Lipinski definition) is 3. The molecular weight excluding hydrogens is 1450 g/mol. The highest BCUT2D eigenvalue weighted by atomic mass is 35.5. The maximum atomic E-state index is 14.1. The average Bonchev–Trinajstić information content (AvgIpc) is 0.826. The van der Waals surface area contributed by atoms with Crippen molar-refractivity contribution in [2.45, 2.75) is 188 Å². The smallest absolute Gasteiger partial charge is 0.244 e. The number of methoxy groups -OCH3 is 2. The van der Waals surface area contributed by atoms with Gasteiger partial charge >= 0.3 is 0 Å². The van der Waals surface area contributed by atoms with Crippen molar-refractivity contribution in [1.82, 2.24) is 43.8 Å². The van der Waals surface area contributed by atoms with E-state index in [1.807, 2.05) is 90.3 Å².